The number of aromatic nitrogens is 1. The fourth-order valence-corrected chi connectivity index (χ4v) is 10.2. The van der Waals surface area contributed by atoms with Crippen molar-refractivity contribution in [3.63, 3.8) is 0 Å². The smallest absolute Gasteiger partial charge is 0.196 e. The average Bonchev–Trinajstić information content (AvgIpc) is 3.66. The molecule has 1 aliphatic heterocycles. The zero-order chi connectivity index (χ0) is 24.9. The van der Waals surface area contributed by atoms with Crippen molar-refractivity contribution in [1.82, 2.24) is 4.57 Å². The fraction of sp³-hybridized carbons (Fsp3) is 0.323. The van der Waals surface area contributed by atoms with Gasteiger partial charge in [-0.05, 0) is 66.8 Å². The van der Waals surface area contributed by atoms with Gasteiger partial charge in [-0.15, -0.1) is 11.8 Å². The Morgan fingerprint density at radius 1 is 0.811 bits per heavy atom. The zero-order valence-electron chi connectivity index (χ0n) is 21.0. The van der Waals surface area contributed by atoms with E-state index in [1.807, 2.05) is 47.7 Å². The number of nitrogens with zero attached hydrogens (tertiary/aromatic N) is 2. The first kappa shape index (κ1) is 23.2. The maximum atomic E-state index is 5.87. The van der Waals surface area contributed by atoms with E-state index in [9.17, 15) is 0 Å². The summed E-state index contributed by atoms with van der Waals surface area (Å²) in [5.41, 5.74) is 3.31. The van der Waals surface area contributed by atoms with Gasteiger partial charge in [-0.1, -0.05) is 65.9 Å². The molecule has 0 saturated heterocycles. The van der Waals surface area contributed by atoms with E-state index < -0.39 is 0 Å². The number of hydrogen-bond donors (Lipinski definition) is 0. The second-order valence-corrected chi connectivity index (χ2v) is 12.4. The number of hydrogen-bond acceptors (Lipinski definition) is 5. The van der Waals surface area contributed by atoms with Crippen LogP contribution in [0.2, 0.25) is 0 Å². The quantitative estimate of drug-likeness (QED) is 0.271. The molecule has 2 aliphatic carbocycles. The molecule has 0 spiro atoms. The summed E-state index contributed by atoms with van der Waals surface area (Å²) in [4.78, 5) is 7.62. The molecule has 5 unspecified atom stereocenters. The molecule has 7 rings (SSSR count). The van der Waals surface area contributed by atoms with Crippen LogP contribution in [0.3, 0.4) is 0 Å². The summed E-state index contributed by atoms with van der Waals surface area (Å²) < 4.78 is 13.9. The monoisotopic (exact) mass is 526 g/mol. The number of ether oxygens (including phenoxy) is 2. The summed E-state index contributed by atoms with van der Waals surface area (Å²) >= 11 is 3.93. The second kappa shape index (κ2) is 9.41. The van der Waals surface area contributed by atoms with Crippen LogP contribution in [-0.2, 0) is 0 Å². The number of rotatable bonds is 5. The number of thiazole rings is 1. The normalized spacial score (nSPS) is 26.1. The Kier molecular flexibility index (Phi) is 5.89. The number of benzene rings is 3. The number of fused-ring (bicyclic) bond motifs is 6. The Labute approximate surface area is 226 Å². The molecule has 6 heteroatoms. The Balaban J connectivity index is 1.52. The highest BCUT2D eigenvalue weighted by atomic mass is 32.2. The number of thioether (sulfide) groups is 1. The van der Waals surface area contributed by atoms with Crippen molar-refractivity contribution in [2.24, 2.45) is 22.7 Å². The van der Waals surface area contributed by atoms with Gasteiger partial charge in [-0.3, -0.25) is 4.57 Å². The molecular formula is C31H30N2O2S2. The van der Waals surface area contributed by atoms with Crippen LogP contribution in [0.1, 0.15) is 35.6 Å². The van der Waals surface area contributed by atoms with Crippen LogP contribution in [0.15, 0.2) is 88.9 Å². The molecule has 2 heterocycles. The van der Waals surface area contributed by atoms with Crippen LogP contribution in [0.25, 0.3) is 5.69 Å². The fourth-order valence-electron chi connectivity index (χ4n) is 6.87. The van der Waals surface area contributed by atoms with Crippen LogP contribution in [-0.4, -0.2) is 24.0 Å². The lowest BCUT2D eigenvalue weighted by Crippen LogP contribution is -2.34. The van der Waals surface area contributed by atoms with Crippen LogP contribution in [0.5, 0.6) is 11.5 Å². The predicted molar refractivity (Wildman–Crippen MR) is 151 cm³/mol. The van der Waals surface area contributed by atoms with E-state index in [2.05, 4.69) is 58.8 Å². The molecule has 0 amide bonds. The first-order chi connectivity index (χ1) is 18.3. The predicted octanol–water partition coefficient (Wildman–Crippen LogP) is 7.44. The lowest BCUT2D eigenvalue weighted by atomic mass is 9.75. The van der Waals surface area contributed by atoms with Crippen molar-refractivity contribution in [3.05, 3.63) is 94.1 Å². The summed E-state index contributed by atoms with van der Waals surface area (Å²) in [6.07, 6.45) is 4.13. The standard InChI is InChI=1S/C31H30N2O2S2/c1-34-24-14-8-6-12-22(24)32-31-33(23-13-7-9-15-25(23)35-2)30-29(37-31)26(19-10-4-3-5-11-19)27-20-16-17-21(18-20)28(27)36-30/h3-15,20-21,26-28H,16-18H2,1-2H3. The average molecular weight is 527 g/mol. The third kappa shape index (κ3) is 3.76. The molecule has 4 nitrogen and oxygen atoms in total. The molecule has 2 saturated carbocycles. The molecule has 3 aromatic carbocycles. The van der Waals surface area contributed by atoms with Crippen LogP contribution < -0.4 is 14.3 Å². The van der Waals surface area contributed by atoms with Crippen molar-refractivity contribution in [2.75, 3.05) is 14.2 Å². The molecular weight excluding hydrogens is 496 g/mol. The lowest BCUT2D eigenvalue weighted by Gasteiger charge is -2.40. The molecule has 188 valence electrons. The van der Waals surface area contributed by atoms with E-state index in [-0.39, 0.29) is 0 Å². The topological polar surface area (TPSA) is 35.8 Å². The van der Waals surface area contributed by atoms with Gasteiger partial charge < -0.3 is 9.47 Å². The first-order valence-corrected chi connectivity index (χ1v) is 14.7. The molecule has 37 heavy (non-hydrogen) atoms. The third-order valence-electron chi connectivity index (χ3n) is 8.41. The first-order valence-electron chi connectivity index (χ1n) is 13.0. The Bertz CT molecular complexity index is 1510. The van der Waals surface area contributed by atoms with E-state index in [4.69, 9.17) is 14.5 Å². The Hall–Kier alpha value is -2.96. The Morgan fingerprint density at radius 3 is 2.32 bits per heavy atom. The summed E-state index contributed by atoms with van der Waals surface area (Å²) in [7, 11) is 3.46. The van der Waals surface area contributed by atoms with Crippen molar-refractivity contribution >= 4 is 28.8 Å². The maximum Gasteiger partial charge on any atom is 0.196 e. The Morgan fingerprint density at radius 2 is 1.51 bits per heavy atom. The van der Waals surface area contributed by atoms with Crippen LogP contribution >= 0.6 is 23.1 Å². The minimum Gasteiger partial charge on any atom is -0.495 e. The SMILES string of the molecule is COc1ccccc1N=c1sc2c(n1-c1ccccc1OC)SC1C3CCC(C3)C1C2c1ccccc1. The highest BCUT2D eigenvalue weighted by molar-refractivity contribution is 8.00. The van der Waals surface area contributed by atoms with Gasteiger partial charge in [0.15, 0.2) is 4.80 Å². The largest absolute Gasteiger partial charge is 0.495 e. The van der Waals surface area contributed by atoms with E-state index in [1.165, 1.54) is 34.7 Å². The molecule has 0 radical (unpaired) electrons. The maximum absolute atomic E-state index is 5.87. The molecule has 0 N–H and O–H groups in total. The third-order valence-corrected chi connectivity index (χ3v) is 11.3. The van der Waals surface area contributed by atoms with Crippen molar-refractivity contribution in [1.29, 1.82) is 0 Å². The van der Waals surface area contributed by atoms with E-state index in [0.29, 0.717) is 17.1 Å². The van der Waals surface area contributed by atoms with E-state index >= 15 is 0 Å². The van der Waals surface area contributed by atoms with Crippen molar-refractivity contribution in [2.45, 2.75) is 35.5 Å². The van der Waals surface area contributed by atoms with Gasteiger partial charge >= 0.3 is 0 Å². The van der Waals surface area contributed by atoms with Crippen LogP contribution in [0.4, 0.5) is 5.69 Å². The molecule has 4 aromatic rings. The number of para-hydroxylation sites is 4. The van der Waals surface area contributed by atoms with Gasteiger partial charge in [0.25, 0.3) is 0 Å². The van der Waals surface area contributed by atoms with Gasteiger partial charge in [0, 0.05) is 16.0 Å². The summed E-state index contributed by atoms with van der Waals surface area (Å²) in [6.45, 7) is 0. The molecule has 5 atom stereocenters. The molecule has 1 aromatic heterocycles. The van der Waals surface area contributed by atoms with Crippen molar-refractivity contribution < 1.29 is 9.47 Å². The van der Waals surface area contributed by atoms with Gasteiger partial charge in [-0.2, -0.15) is 0 Å². The number of methoxy groups -OCH3 is 2. The van der Waals surface area contributed by atoms with Crippen LogP contribution in [0, 0.1) is 17.8 Å². The van der Waals surface area contributed by atoms with E-state index in [0.717, 1.165) is 39.5 Å². The highest BCUT2D eigenvalue weighted by Crippen LogP contribution is 2.64. The minimum absolute atomic E-state index is 0.394. The lowest BCUT2D eigenvalue weighted by molar-refractivity contribution is 0.307. The van der Waals surface area contributed by atoms with Crippen molar-refractivity contribution in [3.8, 4) is 17.2 Å². The summed E-state index contributed by atoms with van der Waals surface area (Å²) in [5, 5.41) is 1.97. The van der Waals surface area contributed by atoms with Gasteiger partial charge in [-0.25, -0.2) is 4.99 Å². The molecule has 3 aliphatic rings. The van der Waals surface area contributed by atoms with E-state index in [1.54, 1.807) is 14.2 Å². The second-order valence-electron chi connectivity index (χ2n) is 10.2. The summed E-state index contributed by atoms with van der Waals surface area (Å²) in [5.74, 6) is 4.34. The summed E-state index contributed by atoms with van der Waals surface area (Å²) in [6, 6.07) is 27.5. The van der Waals surface area contributed by atoms with Gasteiger partial charge in [0.05, 0.1) is 24.9 Å². The zero-order valence-corrected chi connectivity index (χ0v) is 22.7. The minimum atomic E-state index is 0.394. The highest BCUT2D eigenvalue weighted by Gasteiger charge is 2.55. The van der Waals surface area contributed by atoms with Gasteiger partial charge in [0.1, 0.15) is 17.2 Å². The molecule has 2 fully saturated rings. The van der Waals surface area contributed by atoms with Gasteiger partial charge in [0.2, 0.25) is 0 Å². The molecule has 2 bridgehead atoms.